The molecule has 27 heavy (non-hydrogen) atoms. The minimum Gasteiger partial charge on any atom is -0.332 e. The molecule has 0 unspecified atom stereocenters. The van der Waals surface area contributed by atoms with Crippen LogP contribution in [0.2, 0.25) is 0 Å². The van der Waals surface area contributed by atoms with E-state index in [9.17, 15) is 8.42 Å². The number of nitrogens with zero attached hydrogens (tertiary/aromatic N) is 4. The summed E-state index contributed by atoms with van der Waals surface area (Å²) in [6, 6.07) is 3.91. The Morgan fingerprint density at radius 3 is 2.26 bits per heavy atom. The van der Waals surface area contributed by atoms with Crippen LogP contribution in [0.3, 0.4) is 0 Å². The van der Waals surface area contributed by atoms with Gasteiger partial charge in [0.2, 0.25) is 10.0 Å². The van der Waals surface area contributed by atoms with Crippen LogP contribution in [0.15, 0.2) is 29.4 Å². The van der Waals surface area contributed by atoms with E-state index in [-0.39, 0.29) is 5.54 Å². The van der Waals surface area contributed by atoms with Crippen molar-refractivity contribution >= 4 is 10.0 Å². The standard InChI is InChI=1S/C20H28N4O2S/c1-15-13-16(2)18(17(3)14-15)27(25,26)24-8-5-20(6-9-24)19-21-7-10-23(19)12-11-22(20)4/h7,10,13-14H,5-6,8-9,11-12H2,1-4H3. The number of imidazole rings is 1. The lowest BCUT2D eigenvalue weighted by atomic mass is 9.84. The van der Waals surface area contributed by atoms with Crippen molar-refractivity contribution in [2.75, 3.05) is 26.7 Å². The van der Waals surface area contributed by atoms with Gasteiger partial charge in [-0.2, -0.15) is 4.31 Å². The average Bonchev–Trinajstić information content (AvgIpc) is 3.07. The molecule has 6 nitrogen and oxygen atoms in total. The van der Waals surface area contributed by atoms with Gasteiger partial charge in [-0.05, 0) is 51.8 Å². The molecule has 1 fully saturated rings. The Labute approximate surface area is 161 Å². The average molecular weight is 389 g/mol. The molecule has 4 rings (SSSR count). The van der Waals surface area contributed by atoms with Crippen molar-refractivity contribution in [1.29, 1.82) is 0 Å². The molecule has 0 radical (unpaired) electrons. The Bertz CT molecular complexity index is 949. The number of hydrogen-bond donors (Lipinski definition) is 0. The van der Waals surface area contributed by atoms with Gasteiger partial charge in [0.05, 0.1) is 10.4 Å². The number of piperidine rings is 1. The van der Waals surface area contributed by atoms with Crippen LogP contribution in [-0.4, -0.2) is 53.9 Å². The van der Waals surface area contributed by atoms with Crippen molar-refractivity contribution in [3.8, 4) is 0 Å². The topological polar surface area (TPSA) is 58.4 Å². The van der Waals surface area contributed by atoms with Crippen LogP contribution >= 0.6 is 0 Å². The summed E-state index contributed by atoms with van der Waals surface area (Å²) in [4.78, 5) is 7.46. The number of fused-ring (bicyclic) bond motifs is 2. The molecule has 0 bridgehead atoms. The third kappa shape index (κ3) is 2.83. The molecule has 146 valence electrons. The summed E-state index contributed by atoms with van der Waals surface area (Å²) in [6.45, 7) is 8.73. The third-order valence-corrected chi connectivity index (χ3v) is 8.50. The van der Waals surface area contributed by atoms with Gasteiger partial charge in [0.1, 0.15) is 5.82 Å². The number of aryl methyl sites for hydroxylation is 3. The highest BCUT2D eigenvalue weighted by Gasteiger charge is 2.47. The van der Waals surface area contributed by atoms with Crippen LogP contribution in [0, 0.1) is 20.8 Å². The van der Waals surface area contributed by atoms with E-state index in [4.69, 9.17) is 0 Å². The Kier molecular flexibility index (Phi) is 4.44. The molecule has 0 amide bonds. The quantitative estimate of drug-likeness (QED) is 0.793. The number of sulfonamides is 1. The van der Waals surface area contributed by atoms with E-state index in [0.717, 1.165) is 48.4 Å². The van der Waals surface area contributed by atoms with E-state index in [2.05, 4.69) is 21.5 Å². The highest BCUT2D eigenvalue weighted by Crippen LogP contribution is 2.41. The molecule has 0 aliphatic carbocycles. The minimum atomic E-state index is -3.49. The first-order valence-electron chi connectivity index (χ1n) is 9.56. The van der Waals surface area contributed by atoms with E-state index in [1.165, 1.54) is 0 Å². The molecule has 7 heteroatoms. The second-order valence-electron chi connectivity index (χ2n) is 8.03. The molecular weight excluding hydrogens is 360 g/mol. The van der Waals surface area contributed by atoms with E-state index in [0.29, 0.717) is 18.0 Å². The molecule has 0 saturated carbocycles. The molecule has 1 aromatic carbocycles. The number of aromatic nitrogens is 2. The first kappa shape index (κ1) is 18.7. The fourth-order valence-electron chi connectivity index (χ4n) is 4.94. The van der Waals surface area contributed by atoms with Crippen molar-refractivity contribution in [3.05, 3.63) is 47.0 Å². The second kappa shape index (κ2) is 6.43. The maximum atomic E-state index is 13.4. The van der Waals surface area contributed by atoms with Gasteiger partial charge < -0.3 is 4.57 Å². The molecule has 3 heterocycles. The van der Waals surface area contributed by atoms with Gasteiger partial charge in [0.15, 0.2) is 0 Å². The van der Waals surface area contributed by atoms with Crippen LogP contribution in [0.4, 0.5) is 0 Å². The maximum absolute atomic E-state index is 13.4. The van der Waals surface area contributed by atoms with Crippen LogP contribution in [0.5, 0.6) is 0 Å². The SMILES string of the molecule is Cc1cc(C)c(S(=O)(=O)N2CCC3(CC2)c2nccn2CCN3C)c(C)c1. The summed E-state index contributed by atoms with van der Waals surface area (Å²) in [7, 11) is -1.35. The number of hydrogen-bond acceptors (Lipinski definition) is 4. The van der Waals surface area contributed by atoms with Crippen LogP contribution in [0.1, 0.15) is 35.4 Å². The van der Waals surface area contributed by atoms with Gasteiger partial charge in [-0.15, -0.1) is 0 Å². The summed E-state index contributed by atoms with van der Waals surface area (Å²) in [5.74, 6) is 1.08. The number of rotatable bonds is 2. The summed E-state index contributed by atoms with van der Waals surface area (Å²) in [5, 5.41) is 0. The summed E-state index contributed by atoms with van der Waals surface area (Å²) >= 11 is 0. The Morgan fingerprint density at radius 2 is 1.63 bits per heavy atom. The first-order valence-corrected chi connectivity index (χ1v) is 11.0. The predicted molar refractivity (Wildman–Crippen MR) is 105 cm³/mol. The van der Waals surface area contributed by atoms with Gasteiger partial charge in [-0.1, -0.05) is 17.7 Å². The first-order chi connectivity index (χ1) is 12.8. The molecule has 2 aliphatic heterocycles. The summed E-state index contributed by atoms with van der Waals surface area (Å²) in [5.41, 5.74) is 2.60. The molecule has 1 saturated heterocycles. The molecule has 0 N–H and O–H groups in total. The molecule has 1 aromatic heterocycles. The summed E-state index contributed by atoms with van der Waals surface area (Å²) in [6.07, 6.45) is 5.43. The van der Waals surface area contributed by atoms with E-state index in [1.807, 2.05) is 45.3 Å². The largest absolute Gasteiger partial charge is 0.332 e. The van der Waals surface area contributed by atoms with Gasteiger partial charge in [0, 0.05) is 38.6 Å². The zero-order chi connectivity index (χ0) is 19.4. The predicted octanol–water partition coefficient (Wildman–Crippen LogP) is 2.43. The minimum absolute atomic E-state index is 0.162. The number of benzene rings is 1. The van der Waals surface area contributed by atoms with Gasteiger partial charge in [-0.25, -0.2) is 13.4 Å². The zero-order valence-electron chi connectivity index (χ0n) is 16.6. The monoisotopic (exact) mass is 388 g/mol. The maximum Gasteiger partial charge on any atom is 0.243 e. The lowest BCUT2D eigenvalue weighted by Gasteiger charge is -2.49. The fourth-order valence-corrected chi connectivity index (χ4v) is 6.80. The highest BCUT2D eigenvalue weighted by atomic mass is 32.2. The van der Waals surface area contributed by atoms with Crippen LogP contribution < -0.4 is 0 Å². The van der Waals surface area contributed by atoms with E-state index < -0.39 is 10.0 Å². The highest BCUT2D eigenvalue weighted by molar-refractivity contribution is 7.89. The third-order valence-electron chi connectivity index (χ3n) is 6.29. The lowest BCUT2D eigenvalue weighted by Crippen LogP contribution is -2.56. The molecule has 2 aliphatic rings. The van der Waals surface area contributed by atoms with Crippen molar-refractivity contribution in [2.45, 2.75) is 50.6 Å². The molecule has 0 atom stereocenters. The smallest absolute Gasteiger partial charge is 0.243 e. The van der Waals surface area contributed by atoms with Crippen molar-refractivity contribution < 1.29 is 8.42 Å². The molecule has 1 spiro atoms. The van der Waals surface area contributed by atoms with Crippen molar-refractivity contribution in [1.82, 2.24) is 18.8 Å². The Morgan fingerprint density at radius 1 is 1.00 bits per heavy atom. The van der Waals surface area contributed by atoms with Gasteiger partial charge >= 0.3 is 0 Å². The fraction of sp³-hybridized carbons (Fsp3) is 0.550. The van der Waals surface area contributed by atoms with Crippen LogP contribution in [0.25, 0.3) is 0 Å². The van der Waals surface area contributed by atoms with Gasteiger partial charge in [-0.3, -0.25) is 4.90 Å². The van der Waals surface area contributed by atoms with Crippen molar-refractivity contribution in [3.63, 3.8) is 0 Å². The van der Waals surface area contributed by atoms with E-state index >= 15 is 0 Å². The molecular formula is C20H28N4O2S. The zero-order valence-corrected chi connectivity index (χ0v) is 17.4. The van der Waals surface area contributed by atoms with Crippen LogP contribution in [-0.2, 0) is 22.1 Å². The Hall–Kier alpha value is -1.70. The molecule has 2 aromatic rings. The second-order valence-corrected chi connectivity index (χ2v) is 9.90. The van der Waals surface area contributed by atoms with E-state index in [1.54, 1.807) is 4.31 Å². The van der Waals surface area contributed by atoms with Gasteiger partial charge in [0.25, 0.3) is 0 Å². The lowest BCUT2D eigenvalue weighted by molar-refractivity contribution is 0.0271. The normalized spacial score (nSPS) is 20.7. The summed E-state index contributed by atoms with van der Waals surface area (Å²) < 4.78 is 30.6. The Balaban J connectivity index is 1.64. The number of likely N-dealkylation sites (N-methyl/N-ethyl adjacent to an activating group) is 1. The van der Waals surface area contributed by atoms with Crippen molar-refractivity contribution in [2.24, 2.45) is 0 Å².